The fourth-order valence-electron chi connectivity index (χ4n) is 9.64. The molecule has 1 aromatic heterocycles. The Balaban J connectivity index is 0.888. The third-order valence-electron chi connectivity index (χ3n) is 12.8. The SMILES string of the molecule is c1ccc2c(-c3ccc(-c4ccc(N(c5ccc(-c6ccc(-c7cccc8ccccc78)cc6)cc5)c5ccc(-n6c7ccccc7c7ccccc76)cc5)cc4)cc3)cccc2c1. The maximum atomic E-state index is 2.37. The number of nitrogens with zero attached hydrogens (tertiary/aromatic N) is 2. The number of fused-ring (bicyclic) bond motifs is 5. The molecule has 0 bridgehead atoms. The first-order chi connectivity index (χ1) is 31.7. The van der Waals surface area contributed by atoms with Crippen molar-refractivity contribution in [2.45, 2.75) is 0 Å². The van der Waals surface area contributed by atoms with Gasteiger partial charge in [-0.1, -0.05) is 194 Å². The summed E-state index contributed by atoms with van der Waals surface area (Å²) in [5.41, 5.74) is 16.5. The normalized spacial score (nSPS) is 11.4. The zero-order valence-corrected chi connectivity index (χ0v) is 35.1. The lowest BCUT2D eigenvalue weighted by atomic mass is 9.96. The molecule has 0 radical (unpaired) electrons. The van der Waals surface area contributed by atoms with E-state index in [9.17, 15) is 0 Å². The van der Waals surface area contributed by atoms with Crippen LogP contribution in [-0.4, -0.2) is 4.57 Å². The highest BCUT2D eigenvalue weighted by atomic mass is 15.1. The van der Waals surface area contributed by atoms with E-state index in [2.05, 4.69) is 264 Å². The molecule has 0 atom stereocenters. The smallest absolute Gasteiger partial charge is 0.0541 e. The third-order valence-corrected chi connectivity index (χ3v) is 12.8. The summed E-state index contributed by atoms with van der Waals surface area (Å²) >= 11 is 0. The second kappa shape index (κ2) is 15.8. The number of para-hydroxylation sites is 2. The fourth-order valence-corrected chi connectivity index (χ4v) is 9.64. The van der Waals surface area contributed by atoms with Crippen LogP contribution in [0.2, 0.25) is 0 Å². The van der Waals surface area contributed by atoms with Crippen LogP contribution in [-0.2, 0) is 0 Å². The van der Waals surface area contributed by atoms with Crippen molar-refractivity contribution < 1.29 is 0 Å². The predicted octanol–water partition coefficient (Wildman–Crippen LogP) is 17.2. The highest BCUT2D eigenvalue weighted by Gasteiger charge is 2.16. The molecular weight excluding hydrogens is 773 g/mol. The Bertz CT molecular complexity index is 3390. The molecule has 12 aromatic rings. The van der Waals surface area contributed by atoms with Gasteiger partial charge in [-0.05, 0) is 127 Å². The van der Waals surface area contributed by atoms with E-state index >= 15 is 0 Å². The van der Waals surface area contributed by atoms with Crippen LogP contribution in [0.1, 0.15) is 0 Å². The van der Waals surface area contributed by atoms with Gasteiger partial charge in [-0.3, -0.25) is 0 Å². The zero-order valence-electron chi connectivity index (χ0n) is 35.1. The standard InChI is InChI=1S/C62H42N2/c1-3-15-55-47(11-1)13-9-19-57(55)49-27-23-43(24-28-49)45-31-35-51(36-32-45)63(53-39-41-54(42-40-53)64-61-21-7-5-17-59(61)60-18-6-8-22-62(60)64)52-37-33-46(34-38-52)44-25-29-50(30-26-44)58-20-10-14-48-12-2-4-16-56(48)58/h1-42H. The maximum absolute atomic E-state index is 2.37. The van der Waals surface area contributed by atoms with Crippen molar-refractivity contribution in [2.75, 3.05) is 4.90 Å². The molecule has 0 N–H and O–H groups in total. The highest BCUT2D eigenvalue weighted by Crippen LogP contribution is 2.40. The number of hydrogen-bond acceptors (Lipinski definition) is 1. The van der Waals surface area contributed by atoms with Crippen LogP contribution in [0.5, 0.6) is 0 Å². The number of anilines is 3. The van der Waals surface area contributed by atoms with Gasteiger partial charge in [0.1, 0.15) is 0 Å². The number of rotatable bonds is 8. The molecular formula is C62H42N2. The van der Waals surface area contributed by atoms with Crippen molar-refractivity contribution in [2.24, 2.45) is 0 Å². The molecule has 0 aliphatic rings. The molecule has 0 amide bonds. The van der Waals surface area contributed by atoms with E-state index in [4.69, 9.17) is 0 Å². The molecule has 0 saturated carbocycles. The first kappa shape index (κ1) is 37.3. The van der Waals surface area contributed by atoms with Gasteiger partial charge in [-0.25, -0.2) is 0 Å². The second-order valence-electron chi connectivity index (χ2n) is 16.5. The lowest BCUT2D eigenvalue weighted by molar-refractivity contribution is 1.17. The van der Waals surface area contributed by atoms with Crippen molar-refractivity contribution in [1.82, 2.24) is 4.57 Å². The van der Waals surface area contributed by atoms with Crippen molar-refractivity contribution in [3.63, 3.8) is 0 Å². The Morgan fingerprint density at radius 3 is 0.969 bits per heavy atom. The Hall–Kier alpha value is -8.46. The minimum atomic E-state index is 1.09. The Labute approximate surface area is 373 Å². The summed E-state index contributed by atoms with van der Waals surface area (Å²) in [5, 5.41) is 7.57. The molecule has 0 aliphatic heterocycles. The van der Waals surface area contributed by atoms with Crippen LogP contribution in [0.3, 0.4) is 0 Å². The molecule has 11 aromatic carbocycles. The van der Waals surface area contributed by atoms with E-state index in [1.54, 1.807) is 0 Å². The van der Waals surface area contributed by atoms with Crippen LogP contribution in [0, 0.1) is 0 Å². The molecule has 0 fully saturated rings. The number of aromatic nitrogens is 1. The maximum Gasteiger partial charge on any atom is 0.0541 e. The van der Waals surface area contributed by atoms with Crippen LogP contribution in [0.25, 0.3) is 93.5 Å². The van der Waals surface area contributed by atoms with Gasteiger partial charge in [0.2, 0.25) is 0 Å². The largest absolute Gasteiger partial charge is 0.311 e. The Morgan fingerprint density at radius 2 is 0.547 bits per heavy atom. The van der Waals surface area contributed by atoms with Gasteiger partial charge < -0.3 is 9.47 Å². The minimum absolute atomic E-state index is 1.09. The lowest BCUT2D eigenvalue weighted by Crippen LogP contribution is -2.10. The van der Waals surface area contributed by atoms with Crippen molar-refractivity contribution in [3.05, 3.63) is 255 Å². The molecule has 0 saturated heterocycles. The van der Waals surface area contributed by atoms with Gasteiger partial charge in [-0.15, -0.1) is 0 Å². The fraction of sp³-hybridized carbons (Fsp3) is 0. The van der Waals surface area contributed by atoms with E-state index in [1.807, 2.05) is 0 Å². The van der Waals surface area contributed by atoms with Gasteiger partial charge in [0.05, 0.1) is 11.0 Å². The average molecular weight is 815 g/mol. The van der Waals surface area contributed by atoms with E-state index in [-0.39, 0.29) is 0 Å². The third kappa shape index (κ3) is 6.61. The van der Waals surface area contributed by atoms with Crippen molar-refractivity contribution in [3.8, 4) is 50.2 Å². The summed E-state index contributed by atoms with van der Waals surface area (Å²) in [6.45, 7) is 0. The molecule has 300 valence electrons. The van der Waals surface area contributed by atoms with E-state index < -0.39 is 0 Å². The topological polar surface area (TPSA) is 8.17 Å². The summed E-state index contributed by atoms with van der Waals surface area (Å²) < 4.78 is 2.37. The zero-order chi connectivity index (χ0) is 42.4. The van der Waals surface area contributed by atoms with Gasteiger partial charge in [0.15, 0.2) is 0 Å². The molecule has 0 spiro atoms. The summed E-state index contributed by atoms with van der Waals surface area (Å²) in [4.78, 5) is 2.36. The van der Waals surface area contributed by atoms with Crippen LogP contribution in [0.15, 0.2) is 255 Å². The van der Waals surface area contributed by atoms with Crippen molar-refractivity contribution in [1.29, 1.82) is 0 Å². The van der Waals surface area contributed by atoms with Gasteiger partial charge in [-0.2, -0.15) is 0 Å². The van der Waals surface area contributed by atoms with Crippen LogP contribution in [0.4, 0.5) is 17.1 Å². The predicted molar refractivity (Wildman–Crippen MR) is 272 cm³/mol. The summed E-state index contributed by atoms with van der Waals surface area (Å²) in [5.74, 6) is 0. The Morgan fingerprint density at radius 1 is 0.234 bits per heavy atom. The second-order valence-corrected chi connectivity index (χ2v) is 16.5. The average Bonchev–Trinajstić information content (AvgIpc) is 3.71. The molecule has 2 nitrogen and oxygen atoms in total. The van der Waals surface area contributed by atoms with Crippen LogP contribution < -0.4 is 4.90 Å². The summed E-state index contributed by atoms with van der Waals surface area (Å²) in [7, 11) is 0. The van der Waals surface area contributed by atoms with Gasteiger partial charge in [0, 0.05) is 33.5 Å². The molecule has 2 heteroatoms. The highest BCUT2D eigenvalue weighted by molar-refractivity contribution is 6.09. The van der Waals surface area contributed by atoms with Gasteiger partial charge >= 0.3 is 0 Å². The van der Waals surface area contributed by atoms with Crippen molar-refractivity contribution >= 4 is 60.4 Å². The molecule has 1 heterocycles. The quantitative estimate of drug-likeness (QED) is 0.148. The van der Waals surface area contributed by atoms with Gasteiger partial charge in [0.25, 0.3) is 0 Å². The summed E-state index contributed by atoms with van der Waals surface area (Å²) in [6, 6.07) is 92.5. The molecule has 0 unspecified atom stereocenters. The monoisotopic (exact) mass is 814 g/mol. The minimum Gasteiger partial charge on any atom is -0.311 e. The van der Waals surface area contributed by atoms with E-state index in [0.717, 1.165) is 22.7 Å². The first-order valence-corrected chi connectivity index (χ1v) is 22.0. The van der Waals surface area contributed by atoms with E-state index in [1.165, 1.54) is 87.9 Å². The first-order valence-electron chi connectivity index (χ1n) is 22.0. The summed E-state index contributed by atoms with van der Waals surface area (Å²) in [6.07, 6.45) is 0. The Kier molecular flexibility index (Phi) is 9.20. The number of benzene rings is 11. The van der Waals surface area contributed by atoms with Crippen LogP contribution >= 0.6 is 0 Å². The number of hydrogen-bond donors (Lipinski definition) is 0. The lowest BCUT2D eigenvalue weighted by Gasteiger charge is -2.26. The molecule has 0 aliphatic carbocycles. The molecule has 64 heavy (non-hydrogen) atoms. The molecule has 12 rings (SSSR count). The van der Waals surface area contributed by atoms with E-state index in [0.29, 0.717) is 0 Å².